The van der Waals surface area contributed by atoms with Crippen molar-refractivity contribution < 1.29 is 5.11 Å². The summed E-state index contributed by atoms with van der Waals surface area (Å²) in [5, 5.41) is 13.8. The maximum atomic E-state index is 9.25. The van der Waals surface area contributed by atoms with Gasteiger partial charge in [0.25, 0.3) is 0 Å². The number of aromatic nitrogens is 3. The van der Waals surface area contributed by atoms with Crippen LogP contribution in [0, 0.1) is 0 Å². The molecule has 0 radical (unpaired) electrons. The lowest BCUT2D eigenvalue weighted by Crippen LogP contribution is -2.43. The zero-order valence-corrected chi connectivity index (χ0v) is 17.3. The fourth-order valence-corrected chi connectivity index (χ4v) is 4.21. The quantitative estimate of drug-likeness (QED) is 0.507. The van der Waals surface area contributed by atoms with E-state index in [1.807, 2.05) is 0 Å². The van der Waals surface area contributed by atoms with Crippen LogP contribution in [0.5, 0.6) is 0 Å². The number of nitrogens with one attached hydrogen (secondary N) is 1. The molecular weight excluding hydrogens is 364 g/mol. The van der Waals surface area contributed by atoms with Gasteiger partial charge in [-0.15, -0.1) is 0 Å². The highest BCUT2D eigenvalue weighted by Crippen LogP contribution is 2.32. The fraction of sp³-hybridized carbons (Fsp3) is 0.545. The van der Waals surface area contributed by atoms with E-state index in [9.17, 15) is 5.11 Å². The van der Waals surface area contributed by atoms with Crippen LogP contribution in [-0.2, 0) is 13.0 Å². The minimum absolute atomic E-state index is 0.217. The van der Waals surface area contributed by atoms with Crippen molar-refractivity contribution in [3.63, 3.8) is 0 Å². The van der Waals surface area contributed by atoms with Crippen molar-refractivity contribution in [1.82, 2.24) is 19.9 Å². The molecule has 0 atom stereocenters. The number of piperazine rings is 1. The predicted octanol–water partition coefficient (Wildman–Crippen LogP) is 2.69. The number of pyridine rings is 1. The lowest BCUT2D eigenvalue weighted by atomic mass is 10.1. The Hall–Kier alpha value is -2.38. The molecule has 7 nitrogen and oxygen atoms in total. The maximum absolute atomic E-state index is 9.25. The van der Waals surface area contributed by atoms with E-state index >= 15 is 0 Å². The number of aryl methyl sites for hydroxylation is 2. The Balaban J connectivity index is 1.86. The molecule has 2 aromatic heterocycles. The monoisotopic (exact) mass is 396 g/mol. The number of rotatable bonds is 8. The molecule has 7 heteroatoms. The first-order chi connectivity index (χ1) is 14.2. The summed E-state index contributed by atoms with van der Waals surface area (Å²) in [6, 6.07) is 6.49. The second-order valence-corrected chi connectivity index (χ2v) is 7.85. The number of fused-ring (bicyclic) bond motifs is 3. The molecule has 0 aliphatic carbocycles. The maximum Gasteiger partial charge on any atom is 0.152 e. The molecule has 1 aliphatic heterocycles. The van der Waals surface area contributed by atoms with Crippen molar-refractivity contribution in [1.29, 1.82) is 0 Å². The van der Waals surface area contributed by atoms with E-state index in [0.29, 0.717) is 5.82 Å². The van der Waals surface area contributed by atoms with Gasteiger partial charge >= 0.3 is 0 Å². The zero-order valence-electron chi connectivity index (χ0n) is 17.3. The van der Waals surface area contributed by atoms with Crippen molar-refractivity contribution in [3.05, 3.63) is 24.0 Å². The Morgan fingerprint density at radius 2 is 1.97 bits per heavy atom. The number of anilines is 2. The van der Waals surface area contributed by atoms with Gasteiger partial charge in [0.1, 0.15) is 11.3 Å². The number of aliphatic hydroxyl groups excluding tert-OH is 1. The van der Waals surface area contributed by atoms with Crippen LogP contribution < -0.4 is 16.0 Å². The number of nitrogen functional groups attached to an aromatic ring is 1. The molecule has 1 aliphatic rings. The molecular formula is C22H32N6O. The van der Waals surface area contributed by atoms with Crippen LogP contribution >= 0.6 is 0 Å². The molecule has 4 N–H and O–H groups in total. The summed E-state index contributed by atoms with van der Waals surface area (Å²) < 4.78 is 2.32. The third kappa shape index (κ3) is 4.02. The van der Waals surface area contributed by atoms with Crippen LogP contribution in [0.3, 0.4) is 0 Å². The summed E-state index contributed by atoms with van der Waals surface area (Å²) in [6.45, 7) is 7.29. The Morgan fingerprint density at radius 1 is 1.14 bits per heavy atom. The van der Waals surface area contributed by atoms with E-state index in [-0.39, 0.29) is 6.61 Å². The average molecular weight is 397 g/mol. The highest BCUT2D eigenvalue weighted by atomic mass is 16.2. The summed E-state index contributed by atoms with van der Waals surface area (Å²) >= 11 is 0. The molecule has 0 spiro atoms. The summed E-state index contributed by atoms with van der Waals surface area (Å²) in [7, 11) is 0. The van der Waals surface area contributed by atoms with Gasteiger partial charge in [0.05, 0.1) is 11.0 Å². The third-order valence-electron chi connectivity index (χ3n) is 5.79. The van der Waals surface area contributed by atoms with E-state index in [4.69, 9.17) is 10.7 Å². The van der Waals surface area contributed by atoms with E-state index in [0.717, 1.165) is 92.6 Å². The summed E-state index contributed by atoms with van der Waals surface area (Å²) in [6.07, 6.45) is 4.87. The molecule has 3 aromatic rings. The van der Waals surface area contributed by atoms with E-state index in [2.05, 4.69) is 44.9 Å². The Bertz CT molecular complexity index is 976. The predicted molar refractivity (Wildman–Crippen MR) is 119 cm³/mol. The van der Waals surface area contributed by atoms with E-state index in [1.165, 1.54) is 5.69 Å². The van der Waals surface area contributed by atoms with Crippen LogP contribution in [0.2, 0.25) is 0 Å². The van der Waals surface area contributed by atoms with Gasteiger partial charge in [-0.1, -0.05) is 13.3 Å². The number of benzene rings is 1. The second kappa shape index (κ2) is 8.97. The first-order valence-electron chi connectivity index (χ1n) is 10.9. The van der Waals surface area contributed by atoms with Gasteiger partial charge < -0.3 is 25.6 Å². The van der Waals surface area contributed by atoms with Gasteiger partial charge in [-0.05, 0) is 37.5 Å². The number of hydrogen-bond acceptors (Lipinski definition) is 6. The third-order valence-corrected chi connectivity index (χ3v) is 5.79. The van der Waals surface area contributed by atoms with Crippen LogP contribution in [0.1, 0.15) is 38.4 Å². The molecule has 1 saturated heterocycles. The molecule has 1 aromatic carbocycles. The Labute approximate surface area is 171 Å². The van der Waals surface area contributed by atoms with E-state index < -0.39 is 0 Å². The largest absolute Gasteiger partial charge is 0.396 e. The first kappa shape index (κ1) is 19.9. The van der Waals surface area contributed by atoms with Crippen LogP contribution in [-0.4, -0.2) is 52.4 Å². The van der Waals surface area contributed by atoms with Gasteiger partial charge in [0, 0.05) is 56.8 Å². The Morgan fingerprint density at radius 3 is 2.72 bits per heavy atom. The summed E-state index contributed by atoms with van der Waals surface area (Å²) in [4.78, 5) is 12.0. The van der Waals surface area contributed by atoms with Crippen LogP contribution in [0.15, 0.2) is 18.2 Å². The second-order valence-electron chi connectivity index (χ2n) is 7.85. The fourth-order valence-electron chi connectivity index (χ4n) is 4.21. The summed E-state index contributed by atoms with van der Waals surface area (Å²) in [5.41, 5.74) is 10.4. The highest BCUT2D eigenvalue weighted by molar-refractivity contribution is 6.07. The smallest absolute Gasteiger partial charge is 0.152 e. The number of aliphatic hydroxyl groups is 1. The minimum Gasteiger partial charge on any atom is -0.396 e. The highest BCUT2D eigenvalue weighted by Gasteiger charge is 2.19. The molecule has 0 amide bonds. The molecule has 0 saturated carbocycles. The van der Waals surface area contributed by atoms with Crippen molar-refractivity contribution in [2.45, 2.75) is 45.6 Å². The number of nitrogens with zero attached hydrogens (tertiary/aromatic N) is 4. The molecule has 0 unspecified atom stereocenters. The lowest BCUT2D eigenvalue weighted by Gasteiger charge is -2.29. The van der Waals surface area contributed by atoms with Crippen molar-refractivity contribution in [2.75, 3.05) is 43.4 Å². The molecule has 1 fully saturated rings. The zero-order chi connectivity index (χ0) is 20.2. The number of nitrogens with two attached hydrogens (primary N) is 1. The number of hydrogen-bond donors (Lipinski definition) is 3. The van der Waals surface area contributed by atoms with Gasteiger partial charge in [-0.3, -0.25) is 0 Å². The van der Waals surface area contributed by atoms with Gasteiger partial charge in [-0.2, -0.15) is 0 Å². The SMILES string of the molecule is CCCCc1nc2c(N)nc3ccc(N4CCNCC4)cc3c2n1CCCCO. The number of imidazole rings is 1. The number of unbranched alkanes of at least 4 members (excludes halogenated alkanes) is 2. The topological polar surface area (TPSA) is 92.2 Å². The van der Waals surface area contributed by atoms with Crippen molar-refractivity contribution in [3.8, 4) is 0 Å². The molecule has 29 heavy (non-hydrogen) atoms. The van der Waals surface area contributed by atoms with Gasteiger partial charge in [-0.25, -0.2) is 9.97 Å². The molecule has 0 bridgehead atoms. The van der Waals surface area contributed by atoms with E-state index in [1.54, 1.807) is 0 Å². The van der Waals surface area contributed by atoms with Gasteiger partial charge in [0.15, 0.2) is 5.82 Å². The van der Waals surface area contributed by atoms with Crippen LogP contribution in [0.4, 0.5) is 11.5 Å². The lowest BCUT2D eigenvalue weighted by molar-refractivity contribution is 0.281. The first-order valence-corrected chi connectivity index (χ1v) is 10.9. The van der Waals surface area contributed by atoms with Crippen LogP contribution in [0.25, 0.3) is 21.9 Å². The summed E-state index contributed by atoms with van der Waals surface area (Å²) in [5.74, 6) is 1.58. The van der Waals surface area contributed by atoms with Crippen molar-refractivity contribution >= 4 is 33.4 Å². The minimum atomic E-state index is 0.217. The normalized spacial score (nSPS) is 14.9. The average Bonchev–Trinajstić information content (AvgIpc) is 3.12. The Kier molecular flexibility index (Phi) is 6.16. The van der Waals surface area contributed by atoms with Crippen molar-refractivity contribution in [2.24, 2.45) is 0 Å². The molecule has 156 valence electrons. The molecule has 3 heterocycles. The van der Waals surface area contributed by atoms with Gasteiger partial charge in [0.2, 0.25) is 0 Å². The standard InChI is InChI=1S/C22H32N6O/c1-2-3-6-19-26-20-21(28(19)11-4-5-14-29)17-15-16(27-12-9-24-10-13-27)7-8-18(17)25-22(20)23/h7-8,15,24,29H,2-6,9-14H2,1H3,(H2,23,25). The molecule has 4 rings (SSSR count).